The Hall–Kier alpha value is -2.24. The van der Waals surface area contributed by atoms with Crippen LogP contribution in [-0.2, 0) is 9.59 Å². The molecule has 0 saturated heterocycles. The van der Waals surface area contributed by atoms with Crippen molar-refractivity contribution in [2.24, 2.45) is 5.92 Å². The minimum absolute atomic E-state index is 0.0712. The molecule has 1 aliphatic rings. The Labute approximate surface area is 123 Å². The summed E-state index contributed by atoms with van der Waals surface area (Å²) in [6.45, 7) is -0.0828. The number of carbonyl (C=O) groups is 2. The van der Waals surface area contributed by atoms with Crippen LogP contribution in [0.5, 0.6) is 11.5 Å². The largest absolute Gasteiger partial charge is 0.497 e. The van der Waals surface area contributed by atoms with Gasteiger partial charge in [-0.2, -0.15) is 0 Å². The maximum absolute atomic E-state index is 11.8. The van der Waals surface area contributed by atoms with E-state index in [4.69, 9.17) is 14.6 Å². The molecular weight excluding hydrogens is 274 g/mol. The first-order valence-corrected chi connectivity index (χ1v) is 6.87. The Morgan fingerprint density at radius 1 is 1.24 bits per heavy atom. The molecule has 21 heavy (non-hydrogen) atoms. The Balaban J connectivity index is 1.73. The van der Waals surface area contributed by atoms with Crippen molar-refractivity contribution in [3.63, 3.8) is 0 Å². The summed E-state index contributed by atoms with van der Waals surface area (Å²) >= 11 is 0. The third kappa shape index (κ3) is 4.37. The molecule has 0 bridgehead atoms. The van der Waals surface area contributed by atoms with Crippen molar-refractivity contribution in [3.05, 3.63) is 24.3 Å². The first-order chi connectivity index (χ1) is 10.1. The number of aliphatic carboxylic acids is 1. The zero-order valence-corrected chi connectivity index (χ0v) is 11.9. The first-order valence-electron chi connectivity index (χ1n) is 6.87. The molecule has 1 amide bonds. The van der Waals surface area contributed by atoms with Crippen molar-refractivity contribution in [3.8, 4) is 11.5 Å². The van der Waals surface area contributed by atoms with E-state index >= 15 is 0 Å². The number of carboxylic acids is 1. The molecule has 0 heterocycles. The fraction of sp³-hybridized carbons (Fsp3) is 0.467. The Bertz CT molecular complexity index is 499. The van der Waals surface area contributed by atoms with Crippen LogP contribution < -0.4 is 14.8 Å². The van der Waals surface area contributed by atoms with Gasteiger partial charge in [-0.1, -0.05) is 0 Å². The minimum atomic E-state index is -0.791. The summed E-state index contributed by atoms with van der Waals surface area (Å²) < 4.78 is 10.4. The van der Waals surface area contributed by atoms with E-state index in [1.807, 2.05) is 0 Å². The number of hydrogen-bond donors (Lipinski definition) is 2. The van der Waals surface area contributed by atoms with Gasteiger partial charge in [0.25, 0.3) is 5.91 Å². The van der Waals surface area contributed by atoms with Gasteiger partial charge in [0.15, 0.2) is 6.61 Å². The molecule has 0 radical (unpaired) electrons. The Morgan fingerprint density at radius 2 is 1.90 bits per heavy atom. The molecule has 0 aromatic heterocycles. The molecular formula is C15H19NO5. The predicted octanol–water partition coefficient (Wildman–Crippen LogP) is 1.44. The van der Waals surface area contributed by atoms with E-state index in [0.717, 1.165) is 5.75 Å². The molecule has 1 fully saturated rings. The molecule has 6 nitrogen and oxygen atoms in total. The number of methoxy groups -OCH3 is 1. The molecule has 1 aliphatic carbocycles. The third-order valence-corrected chi connectivity index (χ3v) is 3.58. The second-order valence-corrected chi connectivity index (χ2v) is 5.08. The van der Waals surface area contributed by atoms with E-state index in [1.165, 1.54) is 0 Å². The number of ether oxygens (including phenoxy) is 2. The summed E-state index contributed by atoms with van der Waals surface area (Å²) in [5, 5.41) is 11.7. The molecule has 2 N–H and O–H groups in total. The highest BCUT2D eigenvalue weighted by molar-refractivity contribution is 5.78. The molecule has 2 unspecified atom stereocenters. The normalized spacial score (nSPS) is 20.8. The van der Waals surface area contributed by atoms with E-state index in [9.17, 15) is 9.59 Å². The molecule has 0 aliphatic heterocycles. The lowest BCUT2D eigenvalue weighted by Crippen LogP contribution is -2.36. The van der Waals surface area contributed by atoms with E-state index in [1.54, 1.807) is 31.4 Å². The topological polar surface area (TPSA) is 84.9 Å². The number of hydrogen-bond acceptors (Lipinski definition) is 4. The number of amides is 1. The van der Waals surface area contributed by atoms with Crippen LogP contribution >= 0.6 is 0 Å². The van der Waals surface area contributed by atoms with Crippen molar-refractivity contribution in [2.45, 2.75) is 25.3 Å². The van der Waals surface area contributed by atoms with Crippen LogP contribution in [0.4, 0.5) is 0 Å². The van der Waals surface area contributed by atoms with Crippen LogP contribution in [0.15, 0.2) is 24.3 Å². The van der Waals surface area contributed by atoms with Gasteiger partial charge in [-0.05, 0) is 43.5 Å². The monoisotopic (exact) mass is 293 g/mol. The highest BCUT2D eigenvalue weighted by Crippen LogP contribution is 2.25. The van der Waals surface area contributed by atoms with Crippen molar-refractivity contribution < 1.29 is 24.2 Å². The average Bonchev–Trinajstić information content (AvgIpc) is 2.94. The summed E-state index contributed by atoms with van der Waals surface area (Å²) in [7, 11) is 1.58. The maximum atomic E-state index is 11.8. The Kier molecular flexibility index (Phi) is 5.03. The zero-order valence-electron chi connectivity index (χ0n) is 11.9. The number of benzene rings is 1. The lowest BCUT2D eigenvalue weighted by molar-refractivity contribution is -0.141. The number of carbonyl (C=O) groups excluding carboxylic acids is 1. The summed E-state index contributed by atoms with van der Waals surface area (Å²) in [5.74, 6) is -0.0702. The van der Waals surface area contributed by atoms with Gasteiger partial charge in [0.05, 0.1) is 13.0 Å². The number of carboxylic acid groups (broad SMARTS) is 1. The molecule has 114 valence electrons. The second-order valence-electron chi connectivity index (χ2n) is 5.08. The molecule has 6 heteroatoms. The van der Waals surface area contributed by atoms with Gasteiger partial charge >= 0.3 is 5.97 Å². The van der Waals surface area contributed by atoms with Crippen molar-refractivity contribution in [2.75, 3.05) is 13.7 Å². The van der Waals surface area contributed by atoms with Gasteiger partial charge < -0.3 is 19.9 Å². The van der Waals surface area contributed by atoms with Crippen LogP contribution in [0, 0.1) is 5.92 Å². The first kappa shape index (κ1) is 15.2. The zero-order chi connectivity index (χ0) is 15.2. The van der Waals surface area contributed by atoms with Crippen LogP contribution in [-0.4, -0.2) is 36.7 Å². The number of nitrogens with one attached hydrogen (secondary N) is 1. The average molecular weight is 293 g/mol. The van der Waals surface area contributed by atoms with Crippen LogP contribution in [0.25, 0.3) is 0 Å². The number of rotatable bonds is 6. The van der Waals surface area contributed by atoms with Crippen LogP contribution in [0.2, 0.25) is 0 Å². The summed E-state index contributed by atoms with van der Waals surface area (Å²) in [5.41, 5.74) is 0. The van der Waals surface area contributed by atoms with Gasteiger partial charge in [-0.3, -0.25) is 9.59 Å². The van der Waals surface area contributed by atoms with Crippen molar-refractivity contribution in [1.82, 2.24) is 5.32 Å². The molecule has 1 saturated carbocycles. The van der Waals surface area contributed by atoms with E-state index < -0.39 is 5.97 Å². The van der Waals surface area contributed by atoms with Gasteiger partial charge in [0.1, 0.15) is 11.5 Å². The quantitative estimate of drug-likeness (QED) is 0.829. The molecule has 0 spiro atoms. The fourth-order valence-corrected chi connectivity index (χ4v) is 2.43. The maximum Gasteiger partial charge on any atom is 0.306 e. The van der Waals surface area contributed by atoms with Crippen LogP contribution in [0.3, 0.4) is 0 Å². The van der Waals surface area contributed by atoms with E-state index in [0.29, 0.717) is 25.0 Å². The van der Waals surface area contributed by atoms with Gasteiger partial charge in [0, 0.05) is 6.04 Å². The van der Waals surface area contributed by atoms with Gasteiger partial charge in [0.2, 0.25) is 0 Å². The summed E-state index contributed by atoms with van der Waals surface area (Å²) in [6, 6.07) is 6.88. The highest BCUT2D eigenvalue weighted by atomic mass is 16.5. The molecule has 2 atom stereocenters. The second kappa shape index (κ2) is 6.97. The lowest BCUT2D eigenvalue weighted by atomic mass is 10.1. The standard InChI is InChI=1S/C15H19NO5/c1-20-12-4-6-13(7-5-12)21-9-14(17)16-11-3-2-10(8-11)15(18)19/h4-7,10-11H,2-3,8-9H2,1H3,(H,16,17)(H,18,19). The third-order valence-electron chi connectivity index (χ3n) is 3.58. The van der Waals surface area contributed by atoms with Gasteiger partial charge in [-0.25, -0.2) is 0 Å². The molecule has 1 aromatic carbocycles. The SMILES string of the molecule is COc1ccc(OCC(=O)NC2CCC(C(=O)O)C2)cc1. The summed E-state index contributed by atoms with van der Waals surface area (Å²) in [4.78, 5) is 22.6. The van der Waals surface area contributed by atoms with E-state index in [2.05, 4.69) is 5.32 Å². The summed E-state index contributed by atoms with van der Waals surface area (Å²) in [6.07, 6.45) is 1.80. The Morgan fingerprint density at radius 3 is 2.48 bits per heavy atom. The molecule has 2 rings (SSSR count). The highest BCUT2D eigenvalue weighted by Gasteiger charge is 2.30. The van der Waals surface area contributed by atoms with Crippen molar-refractivity contribution >= 4 is 11.9 Å². The minimum Gasteiger partial charge on any atom is -0.497 e. The molecule has 1 aromatic rings. The van der Waals surface area contributed by atoms with Crippen LogP contribution in [0.1, 0.15) is 19.3 Å². The predicted molar refractivity (Wildman–Crippen MR) is 75.4 cm³/mol. The smallest absolute Gasteiger partial charge is 0.306 e. The fourth-order valence-electron chi connectivity index (χ4n) is 2.43. The van der Waals surface area contributed by atoms with Crippen molar-refractivity contribution in [1.29, 1.82) is 0 Å². The van der Waals surface area contributed by atoms with Gasteiger partial charge in [-0.15, -0.1) is 0 Å². The lowest BCUT2D eigenvalue weighted by Gasteiger charge is -2.13. The van der Waals surface area contributed by atoms with E-state index in [-0.39, 0.29) is 24.5 Å².